The van der Waals surface area contributed by atoms with E-state index in [0.29, 0.717) is 11.1 Å². The smallest absolute Gasteiger partial charge is 0.253 e. The van der Waals surface area contributed by atoms with E-state index in [0.717, 1.165) is 0 Å². The molecule has 7 nitrogen and oxygen atoms in total. The lowest BCUT2D eigenvalue weighted by atomic mass is 9.89. The predicted molar refractivity (Wildman–Crippen MR) is 103 cm³/mol. The molecule has 2 amide bonds. The van der Waals surface area contributed by atoms with Crippen molar-refractivity contribution in [1.29, 1.82) is 5.26 Å². The van der Waals surface area contributed by atoms with Crippen LogP contribution in [0.3, 0.4) is 0 Å². The van der Waals surface area contributed by atoms with Crippen molar-refractivity contribution in [1.82, 2.24) is 14.7 Å². The van der Waals surface area contributed by atoms with Gasteiger partial charge in [-0.05, 0) is 23.8 Å². The van der Waals surface area contributed by atoms with E-state index in [1.165, 1.54) is 27.9 Å². The molecule has 0 saturated carbocycles. The Labute approximate surface area is 166 Å². The number of benzene rings is 2. The Hall–Kier alpha value is -3.99. The maximum Gasteiger partial charge on any atom is 0.253 e. The van der Waals surface area contributed by atoms with Crippen molar-refractivity contribution >= 4 is 17.6 Å². The number of likely N-dealkylation sites (N-methyl/N-ethyl adjacent to an activating group) is 1. The van der Waals surface area contributed by atoms with E-state index < -0.39 is 11.7 Å². The third-order valence-electron chi connectivity index (χ3n) is 4.88. The molecule has 144 valence electrons. The maximum absolute atomic E-state index is 13.8. The van der Waals surface area contributed by atoms with Gasteiger partial charge in [-0.3, -0.25) is 9.59 Å². The highest BCUT2D eigenvalue weighted by molar-refractivity contribution is 6.03. The third kappa shape index (κ3) is 3.23. The minimum absolute atomic E-state index is 0.121. The number of nitrogens with zero attached hydrogens (tertiary/aromatic N) is 4. The van der Waals surface area contributed by atoms with Crippen molar-refractivity contribution in [2.75, 3.05) is 18.9 Å². The Kier molecular flexibility index (Phi) is 4.56. The molecule has 3 aromatic rings. The Bertz CT molecular complexity index is 1160. The minimum Gasteiger partial charge on any atom is -0.341 e. The minimum atomic E-state index is -0.641. The third-order valence-corrected chi connectivity index (χ3v) is 4.88. The number of hydrogen-bond donors (Lipinski definition) is 1. The second kappa shape index (κ2) is 7.20. The lowest BCUT2D eigenvalue weighted by Gasteiger charge is -2.30. The molecule has 1 aromatic heterocycles. The number of carbonyl (C=O) groups excluding carboxylic acids is 2. The summed E-state index contributed by atoms with van der Waals surface area (Å²) in [6.07, 6.45) is 1.54. The quantitative estimate of drug-likeness (QED) is 0.746. The molecule has 8 heteroatoms. The largest absolute Gasteiger partial charge is 0.341 e. The Morgan fingerprint density at radius 3 is 2.83 bits per heavy atom. The summed E-state index contributed by atoms with van der Waals surface area (Å²) in [5, 5.41) is 16.2. The van der Waals surface area contributed by atoms with Crippen LogP contribution in [0.5, 0.6) is 0 Å². The van der Waals surface area contributed by atoms with E-state index in [1.807, 2.05) is 6.07 Å². The average Bonchev–Trinajstić information content (AvgIpc) is 3.18. The zero-order valence-corrected chi connectivity index (χ0v) is 15.5. The first-order valence-corrected chi connectivity index (χ1v) is 8.89. The molecule has 0 aliphatic carbocycles. The van der Waals surface area contributed by atoms with Crippen LogP contribution in [-0.2, 0) is 4.79 Å². The van der Waals surface area contributed by atoms with Gasteiger partial charge in [-0.1, -0.05) is 24.3 Å². The van der Waals surface area contributed by atoms with Crippen LogP contribution in [0.2, 0.25) is 0 Å². The fourth-order valence-corrected chi connectivity index (χ4v) is 3.43. The van der Waals surface area contributed by atoms with E-state index in [2.05, 4.69) is 10.4 Å². The van der Waals surface area contributed by atoms with Crippen molar-refractivity contribution in [2.24, 2.45) is 0 Å². The van der Waals surface area contributed by atoms with Gasteiger partial charge in [0, 0.05) is 31.4 Å². The summed E-state index contributed by atoms with van der Waals surface area (Å²) in [4.78, 5) is 26.7. The van der Waals surface area contributed by atoms with Gasteiger partial charge in [0.1, 0.15) is 17.4 Å². The number of nitrogens with one attached hydrogen (secondary N) is 1. The molecule has 0 bridgehead atoms. The number of fused-ring (bicyclic) bond motifs is 1. The summed E-state index contributed by atoms with van der Waals surface area (Å²) in [6, 6.07) is 14.7. The van der Waals surface area contributed by atoms with Crippen LogP contribution in [0, 0.1) is 17.1 Å². The zero-order valence-electron chi connectivity index (χ0n) is 15.5. The van der Waals surface area contributed by atoms with Gasteiger partial charge in [0.25, 0.3) is 5.91 Å². The molecule has 0 spiro atoms. The number of anilines is 1. The van der Waals surface area contributed by atoms with Crippen LogP contribution in [0.15, 0.2) is 54.7 Å². The van der Waals surface area contributed by atoms with Gasteiger partial charge in [0.05, 0.1) is 11.6 Å². The summed E-state index contributed by atoms with van der Waals surface area (Å²) in [6.45, 7) is 0.255. The van der Waals surface area contributed by atoms with Crippen LogP contribution in [0.4, 0.5) is 10.2 Å². The molecule has 4 rings (SSSR count). The van der Waals surface area contributed by atoms with Gasteiger partial charge in [0.15, 0.2) is 5.82 Å². The number of hydrogen-bond acceptors (Lipinski definition) is 4. The van der Waals surface area contributed by atoms with Gasteiger partial charge in [-0.2, -0.15) is 10.4 Å². The lowest BCUT2D eigenvalue weighted by molar-refractivity contribution is -0.118. The van der Waals surface area contributed by atoms with Gasteiger partial charge in [-0.15, -0.1) is 0 Å². The van der Waals surface area contributed by atoms with E-state index in [1.54, 1.807) is 43.4 Å². The SMILES string of the molecule is CN1CC(C(=O)Nc2ccn(-c3cccc(F)c3C#N)n2)c2ccccc2C1=O. The molecular weight excluding hydrogens is 373 g/mol. The van der Waals surface area contributed by atoms with E-state index >= 15 is 0 Å². The monoisotopic (exact) mass is 389 g/mol. The summed E-state index contributed by atoms with van der Waals surface area (Å²) in [7, 11) is 1.65. The number of amides is 2. The molecule has 1 N–H and O–H groups in total. The van der Waals surface area contributed by atoms with Gasteiger partial charge >= 0.3 is 0 Å². The molecule has 1 unspecified atom stereocenters. The number of carbonyl (C=O) groups is 2. The molecule has 29 heavy (non-hydrogen) atoms. The van der Waals surface area contributed by atoms with Crippen LogP contribution >= 0.6 is 0 Å². The number of halogens is 1. The van der Waals surface area contributed by atoms with Crippen LogP contribution in [0.25, 0.3) is 5.69 Å². The van der Waals surface area contributed by atoms with Gasteiger partial charge < -0.3 is 10.2 Å². The van der Waals surface area contributed by atoms with Crippen LogP contribution in [-0.4, -0.2) is 40.1 Å². The Balaban J connectivity index is 1.60. The van der Waals surface area contributed by atoms with Crippen molar-refractivity contribution in [3.8, 4) is 11.8 Å². The van der Waals surface area contributed by atoms with Crippen molar-refractivity contribution in [3.63, 3.8) is 0 Å². The molecule has 1 aliphatic rings. The summed E-state index contributed by atoms with van der Waals surface area (Å²) < 4.78 is 15.2. The molecule has 0 saturated heterocycles. The van der Waals surface area contributed by atoms with Gasteiger partial charge in [-0.25, -0.2) is 9.07 Å². The van der Waals surface area contributed by atoms with Gasteiger partial charge in [0.2, 0.25) is 5.91 Å². The first kappa shape index (κ1) is 18.4. The molecule has 0 radical (unpaired) electrons. The standard InChI is InChI=1S/C21H16FN5O2/c1-26-12-16(13-5-2-3-6-14(13)21(26)29)20(28)24-19-9-10-27(25-19)18-8-4-7-17(22)15(18)11-23/h2-10,16H,12H2,1H3,(H,24,25,28). The first-order valence-electron chi connectivity index (χ1n) is 8.89. The van der Waals surface area contributed by atoms with Crippen molar-refractivity contribution in [2.45, 2.75) is 5.92 Å². The topological polar surface area (TPSA) is 91.0 Å². The van der Waals surface area contributed by atoms with E-state index in [9.17, 15) is 19.2 Å². The van der Waals surface area contributed by atoms with Crippen molar-refractivity contribution in [3.05, 3.63) is 77.2 Å². The Morgan fingerprint density at radius 1 is 1.24 bits per heavy atom. The molecule has 2 heterocycles. The number of rotatable bonds is 3. The fraction of sp³-hybridized carbons (Fsp3) is 0.143. The highest BCUT2D eigenvalue weighted by atomic mass is 19.1. The second-order valence-corrected chi connectivity index (χ2v) is 6.71. The molecular formula is C21H16FN5O2. The fourth-order valence-electron chi connectivity index (χ4n) is 3.43. The number of nitriles is 1. The second-order valence-electron chi connectivity index (χ2n) is 6.71. The molecule has 0 fully saturated rings. The summed E-state index contributed by atoms with van der Waals surface area (Å²) in [5.41, 5.74) is 1.32. The molecule has 1 atom stereocenters. The van der Waals surface area contributed by atoms with Crippen molar-refractivity contribution < 1.29 is 14.0 Å². The number of aromatic nitrogens is 2. The molecule has 2 aromatic carbocycles. The van der Waals surface area contributed by atoms with Crippen LogP contribution in [0.1, 0.15) is 27.4 Å². The molecule has 1 aliphatic heterocycles. The van der Waals surface area contributed by atoms with E-state index in [-0.39, 0.29) is 35.4 Å². The first-order chi connectivity index (χ1) is 14.0. The summed E-state index contributed by atoms with van der Waals surface area (Å²) >= 11 is 0. The highest BCUT2D eigenvalue weighted by Crippen LogP contribution is 2.28. The Morgan fingerprint density at radius 2 is 2.03 bits per heavy atom. The normalized spacial score (nSPS) is 15.6. The zero-order chi connectivity index (χ0) is 20.5. The maximum atomic E-state index is 13.8. The lowest BCUT2D eigenvalue weighted by Crippen LogP contribution is -2.41. The van der Waals surface area contributed by atoms with Crippen LogP contribution < -0.4 is 5.32 Å². The average molecular weight is 389 g/mol. The highest BCUT2D eigenvalue weighted by Gasteiger charge is 2.33. The summed E-state index contributed by atoms with van der Waals surface area (Å²) in [5.74, 6) is -1.34. The van der Waals surface area contributed by atoms with E-state index in [4.69, 9.17) is 0 Å². The predicted octanol–water partition coefficient (Wildman–Crippen LogP) is 2.69.